The van der Waals surface area contributed by atoms with Crippen molar-refractivity contribution in [3.8, 4) is 5.75 Å². The van der Waals surface area contributed by atoms with E-state index in [9.17, 15) is 0 Å². The molecule has 2 rings (SSSR count). The summed E-state index contributed by atoms with van der Waals surface area (Å²) in [6, 6.07) is 8.08. The first kappa shape index (κ1) is 9.87. The number of thioether (sulfide) groups is 1. The summed E-state index contributed by atoms with van der Waals surface area (Å²) in [6.45, 7) is 3.02. The molecule has 1 heterocycles. The summed E-state index contributed by atoms with van der Waals surface area (Å²) in [7, 11) is 1.70. The van der Waals surface area contributed by atoms with E-state index in [4.69, 9.17) is 9.47 Å². The summed E-state index contributed by atoms with van der Waals surface area (Å²) in [6.07, 6.45) is 0. The third-order valence-electron chi connectivity index (χ3n) is 2.24. The van der Waals surface area contributed by atoms with Gasteiger partial charge in [-0.2, -0.15) is 0 Å². The molecule has 0 aliphatic carbocycles. The lowest BCUT2D eigenvalue weighted by Gasteiger charge is -2.08. The van der Waals surface area contributed by atoms with Crippen LogP contribution in [0.4, 0.5) is 0 Å². The van der Waals surface area contributed by atoms with Gasteiger partial charge in [0.2, 0.25) is 0 Å². The van der Waals surface area contributed by atoms with Crippen LogP contribution in [0.1, 0.15) is 6.92 Å². The van der Waals surface area contributed by atoms with Crippen LogP contribution in [0.3, 0.4) is 0 Å². The molecule has 1 aliphatic rings. The van der Waals surface area contributed by atoms with E-state index in [1.54, 1.807) is 18.9 Å². The Morgan fingerprint density at radius 1 is 1.50 bits per heavy atom. The van der Waals surface area contributed by atoms with E-state index in [0.29, 0.717) is 0 Å². The standard InChI is InChI=1S/C11H14O2S/c1-11(7-13-11)8-14-10-6-4-3-5-9(10)12-2/h3-6H,7-8H2,1-2H3. The highest BCUT2D eigenvalue weighted by atomic mass is 32.2. The molecular formula is C11H14O2S. The molecule has 2 nitrogen and oxygen atoms in total. The first-order valence-electron chi connectivity index (χ1n) is 4.63. The summed E-state index contributed by atoms with van der Waals surface area (Å²) in [5.74, 6) is 1.94. The van der Waals surface area contributed by atoms with Gasteiger partial charge in [-0.1, -0.05) is 12.1 Å². The van der Waals surface area contributed by atoms with E-state index < -0.39 is 0 Å². The lowest BCUT2D eigenvalue weighted by Crippen LogP contribution is -2.07. The van der Waals surface area contributed by atoms with Gasteiger partial charge in [0.15, 0.2) is 0 Å². The Balaban J connectivity index is 2.00. The maximum atomic E-state index is 5.33. The van der Waals surface area contributed by atoms with E-state index in [1.807, 2.05) is 18.2 Å². The smallest absolute Gasteiger partial charge is 0.132 e. The Morgan fingerprint density at radius 2 is 2.21 bits per heavy atom. The molecule has 0 aromatic heterocycles. The fraction of sp³-hybridized carbons (Fsp3) is 0.455. The molecule has 1 aliphatic heterocycles. The molecule has 1 aromatic carbocycles. The van der Waals surface area contributed by atoms with Gasteiger partial charge in [-0.3, -0.25) is 0 Å². The minimum Gasteiger partial charge on any atom is -0.496 e. The minimum absolute atomic E-state index is 0.103. The number of ether oxygens (including phenoxy) is 2. The molecule has 1 fully saturated rings. The Labute approximate surface area is 88.6 Å². The van der Waals surface area contributed by atoms with Crippen molar-refractivity contribution in [2.24, 2.45) is 0 Å². The molecule has 0 amide bonds. The second kappa shape index (κ2) is 3.83. The van der Waals surface area contributed by atoms with Crippen LogP contribution in [0, 0.1) is 0 Å². The van der Waals surface area contributed by atoms with Crippen LogP contribution < -0.4 is 4.74 Å². The van der Waals surface area contributed by atoms with Crippen LogP contribution in [0.25, 0.3) is 0 Å². The number of para-hydroxylation sites is 1. The lowest BCUT2D eigenvalue weighted by atomic mass is 10.3. The number of benzene rings is 1. The Kier molecular flexibility index (Phi) is 2.70. The van der Waals surface area contributed by atoms with E-state index in [0.717, 1.165) is 18.1 Å². The van der Waals surface area contributed by atoms with E-state index in [1.165, 1.54) is 4.90 Å². The molecule has 0 N–H and O–H groups in total. The number of hydrogen-bond acceptors (Lipinski definition) is 3. The second-order valence-electron chi connectivity index (χ2n) is 3.68. The van der Waals surface area contributed by atoms with Crippen LogP contribution in [0.5, 0.6) is 5.75 Å². The Bertz CT molecular complexity index is 321. The van der Waals surface area contributed by atoms with E-state index in [2.05, 4.69) is 13.0 Å². The first-order chi connectivity index (χ1) is 6.73. The molecule has 0 saturated carbocycles. The van der Waals surface area contributed by atoms with Gasteiger partial charge in [-0.05, 0) is 19.1 Å². The second-order valence-corrected chi connectivity index (χ2v) is 4.70. The maximum absolute atomic E-state index is 5.33. The largest absolute Gasteiger partial charge is 0.496 e. The molecule has 0 bridgehead atoms. The van der Waals surface area contributed by atoms with Crippen molar-refractivity contribution in [1.29, 1.82) is 0 Å². The van der Waals surface area contributed by atoms with Crippen LogP contribution in [-0.4, -0.2) is 25.1 Å². The monoisotopic (exact) mass is 210 g/mol. The fourth-order valence-electron chi connectivity index (χ4n) is 1.17. The predicted octanol–water partition coefficient (Wildman–Crippen LogP) is 2.58. The summed E-state index contributed by atoms with van der Waals surface area (Å²) < 4.78 is 10.6. The molecule has 1 atom stereocenters. The van der Waals surface area contributed by atoms with Crippen molar-refractivity contribution >= 4 is 11.8 Å². The van der Waals surface area contributed by atoms with Crippen molar-refractivity contribution in [3.63, 3.8) is 0 Å². The third kappa shape index (κ3) is 2.22. The number of methoxy groups -OCH3 is 1. The average Bonchev–Trinajstić information content (AvgIpc) is 2.95. The van der Waals surface area contributed by atoms with Gasteiger partial charge in [-0.25, -0.2) is 0 Å². The summed E-state index contributed by atoms with van der Waals surface area (Å²) in [5.41, 5.74) is 0.103. The zero-order chi connectivity index (χ0) is 10.0. The molecule has 1 unspecified atom stereocenters. The fourth-order valence-corrected chi connectivity index (χ4v) is 2.27. The van der Waals surface area contributed by atoms with Crippen LogP contribution in [-0.2, 0) is 4.74 Å². The normalized spacial score (nSPS) is 24.7. The molecule has 76 valence electrons. The van der Waals surface area contributed by atoms with Crippen LogP contribution in [0.15, 0.2) is 29.2 Å². The summed E-state index contributed by atoms with van der Waals surface area (Å²) in [4.78, 5) is 1.19. The highest BCUT2D eigenvalue weighted by Gasteiger charge is 2.39. The Morgan fingerprint density at radius 3 is 2.86 bits per heavy atom. The molecule has 0 radical (unpaired) electrons. The summed E-state index contributed by atoms with van der Waals surface area (Å²) >= 11 is 1.79. The summed E-state index contributed by atoms with van der Waals surface area (Å²) in [5, 5.41) is 0. The van der Waals surface area contributed by atoms with Crippen molar-refractivity contribution < 1.29 is 9.47 Å². The highest BCUT2D eigenvalue weighted by Crippen LogP contribution is 2.36. The Hall–Kier alpha value is -0.670. The lowest BCUT2D eigenvalue weighted by molar-refractivity contribution is 0.348. The average molecular weight is 210 g/mol. The topological polar surface area (TPSA) is 21.8 Å². The molecule has 14 heavy (non-hydrogen) atoms. The van der Waals surface area contributed by atoms with Gasteiger partial charge >= 0.3 is 0 Å². The van der Waals surface area contributed by atoms with Gasteiger partial charge in [-0.15, -0.1) is 11.8 Å². The van der Waals surface area contributed by atoms with Gasteiger partial charge in [0.05, 0.1) is 19.3 Å². The highest BCUT2D eigenvalue weighted by molar-refractivity contribution is 7.99. The molecule has 1 saturated heterocycles. The molecular weight excluding hydrogens is 196 g/mol. The van der Waals surface area contributed by atoms with Crippen molar-refractivity contribution in [1.82, 2.24) is 0 Å². The molecule has 0 spiro atoms. The number of rotatable bonds is 4. The molecule has 1 aromatic rings. The zero-order valence-corrected chi connectivity index (χ0v) is 9.26. The van der Waals surface area contributed by atoms with Crippen LogP contribution in [0.2, 0.25) is 0 Å². The van der Waals surface area contributed by atoms with Crippen molar-refractivity contribution in [2.75, 3.05) is 19.5 Å². The quantitative estimate of drug-likeness (QED) is 0.563. The van der Waals surface area contributed by atoms with Gasteiger partial charge in [0.25, 0.3) is 0 Å². The van der Waals surface area contributed by atoms with Gasteiger partial charge in [0.1, 0.15) is 5.75 Å². The van der Waals surface area contributed by atoms with Crippen molar-refractivity contribution in [2.45, 2.75) is 17.4 Å². The van der Waals surface area contributed by atoms with Crippen LogP contribution >= 0.6 is 11.8 Å². The molecule has 3 heteroatoms. The SMILES string of the molecule is COc1ccccc1SCC1(C)CO1. The van der Waals surface area contributed by atoms with Gasteiger partial charge in [0, 0.05) is 10.6 Å². The van der Waals surface area contributed by atoms with E-state index in [-0.39, 0.29) is 5.60 Å². The number of epoxide rings is 1. The zero-order valence-electron chi connectivity index (χ0n) is 8.45. The third-order valence-corrected chi connectivity index (χ3v) is 3.64. The number of hydrogen-bond donors (Lipinski definition) is 0. The first-order valence-corrected chi connectivity index (χ1v) is 5.62. The van der Waals surface area contributed by atoms with Crippen molar-refractivity contribution in [3.05, 3.63) is 24.3 Å². The van der Waals surface area contributed by atoms with E-state index >= 15 is 0 Å². The predicted molar refractivity (Wildman–Crippen MR) is 58.1 cm³/mol. The maximum Gasteiger partial charge on any atom is 0.132 e. The minimum atomic E-state index is 0.103. The van der Waals surface area contributed by atoms with Gasteiger partial charge < -0.3 is 9.47 Å².